The standard InChI is InChI=1S/C14H22N2O/c1-9-6-7-11(17)10(16-9)8-15-12-13(2,3)14(12,4)5/h6-7,12,15,17H,8H2,1-5H3. The number of aromatic nitrogens is 1. The van der Waals surface area contributed by atoms with Crippen LogP contribution < -0.4 is 5.32 Å². The first kappa shape index (κ1) is 12.4. The van der Waals surface area contributed by atoms with Gasteiger partial charge < -0.3 is 10.4 Å². The van der Waals surface area contributed by atoms with E-state index in [0.29, 0.717) is 23.4 Å². The number of aryl methyl sites for hydroxylation is 1. The number of rotatable bonds is 3. The van der Waals surface area contributed by atoms with Gasteiger partial charge in [0.15, 0.2) is 0 Å². The van der Waals surface area contributed by atoms with E-state index in [1.165, 1.54) is 0 Å². The van der Waals surface area contributed by atoms with Crippen LogP contribution in [0.4, 0.5) is 0 Å². The first-order chi connectivity index (χ1) is 7.76. The highest BCUT2D eigenvalue weighted by Crippen LogP contribution is 2.62. The second-order valence-corrected chi connectivity index (χ2v) is 6.18. The Morgan fingerprint density at radius 2 is 1.82 bits per heavy atom. The highest BCUT2D eigenvalue weighted by Gasteiger charge is 2.64. The van der Waals surface area contributed by atoms with Gasteiger partial charge in [0.1, 0.15) is 5.75 Å². The molecule has 0 spiro atoms. The van der Waals surface area contributed by atoms with Gasteiger partial charge >= 0.3 is 0 Å². The monoisotopic (exact) mass is 234 g/mol. The molecule has 2 N–H and O–H groups in total. The summed E-state index contributed by atoms with van der Waals surface area (Å²) in [5.74, 6) is 0.277. The predicted molar refractivity (Wildman–Crippen MR) is 68.8 cm³/mol. The van der Waals surface area contributed by atoms with Gasteiger partial charge in [-0.25, -0.2) is 0 Å². The Hall–Kier alpha value is -1.09. The van der Waals surface area contributed by atoms with Crippen LogP contribution in [-0.2, 0) is 6.54 Å². The Bertz CT molecular complexity index is 424. The fraction of sp³-hybridized carbons (Fsp3) is 0.643. The molecule has 94 valence electrons. The van der Waals surface area contributed by atoms with E-state index in [2.05, 4.69) is 38.0 Å². The minimum atomic E-state index is 0.277. The molecule has 0 bridgehead atoms. The summed E-state index contributed by atoms with van der Waals surface area (Å²) in [4.78, 5) is 4.36. The highest BCUT2D eigenvalue weighted by molar-refractivity contribution is 5.28. The zero-order valence-electron chi connectivity index (χ0n) is 11.3. The molecule has 0 aliphatic heterocycles. The van der Waals surface area contributed by atoms with Crippen molar-refractivity contribution in [3.8, 4) is 5.75 Å². The lowest BCUT2D eigenvalue weighted by Crippen LogP contribution is -2.22. The number of hydrogen-bond acceptors (Lipinski definition) is 3. The summed E-state index contributed by atoms with van der Waals surface area (Å²) in [6.07, 6.45) is 0. The molecule has 2 rings (SSSR count). The minimum absolute atomic E-state index is 0.277. The SMILES string of the molecule is Cc1ccc(O)c(CNC2C(C)(C)C2(C)C)n1. The maximum absolute atomic E-state index is 9.73. The Labute approximate surface area is 103 Å². The maximum atomic E-state index is 9.73. The smallest absolute Gasteiger partial charge is 0.138 e. The van der Waals surface area contributed by atoms with Crippen LogP contribution in [-0.4, -0.2) is 16.1 Å². The molecule has 0 aromatic carbocycles. The van der Waals surface area contributed by atoms with Crippen molar-refractivity contribution >= 4 is 0 Å². The van der Waals surface area contributed by atoms with Gasteiger partial charge in [-0.3, -0.25) is 4.98 Å². The van der Waals surface area contributed by atoms with Crippen molar-refractivity contribution in [3.63, 3.8) is 0 Å². The van der Waals surface area contributed by atoms with E-state index in [0.717, 1.165) is 11.4 Å². The van der Waals surface area contributed by atoms with Gasteiger partial charge in [0.2, 0.25) is 0 Å². The Balaban J connectivity index is 2.03. The molecule has 0 unspecified atom stereocenters. The molecule has 1 aliphatic carbocycles. The van der Waals surface area contributed by atoms with Crippen molar-refractivity contribution in [1.82, 2.24) is 10.3 Å². The van der Waals surface area contributed by atoms with Crippen molar-refractivity contribution in [2.75, 3.05) is 0 Å². The molecule has 1 aliphatic rings. The fourth-order valence-corrected chi connectivity index (χ4v) is 2.64. The van der Waals surface area contributed by atoms with Crippen molar-refractivity contribution < 1.29 is 5.11 Å². The third-order valence-electron chi connectivity index (χ3n) is 4.58. The summed E-state index contributed by atoms with van der Waals surface area (Å²) in [5.41, 5.74) is 2.30. The molecule has 0 radical (unpaired) electrons. The first-order valence-corrected chi connectivity index (χ1v) is 6.15. The molecule has 3 heteroatoms. The molecular formula is C14H22N2O. The van der Waals surface area contributed by atoms with Gasteiger partial charge in [0, 0.05) is 18.3 Å². The highest BCUT2D eigenvalue weighted by atomic mass is 16.3. The number of nitrogens with zero attached hydrogens (tertiary/aromatic N) is 1. The van der Waals surface area contributed by atoms with E-state index in [-0.39, 0.29) is 5.75 Å². The van der Waals surface area contributed by atoms with Crippen LogP contribution >= 0.6 is 0 Å². The Morgan fingerprint density at radius 3 is 2.35 bits per heavy atom. The van der Waals surface area contributed by atoms with Crippen LogP contribution in [0.1, 0.15) is 39.1 Å². The third kappa shape index (κ3) is 1.93. The third-order valence-corrected chi connectivity index (χ3v) is 4.58. The lowest BCUT2D eigenvalue weighted by atomic mass is 10.0. The first-order valence-electron chi connectivity index (χ1n) is 6.15. The average Bonchev–Trinajstić information content (AvgIpc) is 2.60. The lowest BCUT2D eigenvalue weighted by molar-refractivity contribution is 0.454. The van der Waals surface area contributed by atoms with E-state index < -0.39 is 0 Å². The van der Waals surface area contributed by atoms with E-state index >= 15 is 0 Å². The quantitative estimate of drug-likeness (QED) is 0.845. The summed E-state index contributed by atoms with van der Waals surface area (Å²) in [7, 11) is 0. The topological polar surface area (TPSA) is 45.1 Å². The average molecular weight is 234 g/mol. The van der Waals surface area contributed by atoms with Crippen LogP contribution in [0.25, 0.3) is 0 Å². The Kier molecular flexibility index (Phi) is 2.69. The lowest BCUT2D eigenvalue weighted by Gasteiger charge is -2.08. The number of nitrogens with one attached hydrogen (secondary N) is 1. The van der Waals surface area contributed by atoms with Gasteiger partial charge in [-0.15, -0.1) is 0 Å². The molecule has 1 fully saturated rings. The minimum Gasteiger partial charge on any atom is -0.506 e. The summed E-state index contributed by atoms with van der Waals surface area (Å²) in [6.45, 7) is 11.7. The van der Waals surface area contributed by atoms with Crippen LogP contribution in [0.15, 0.2) is 12.1 Å². The zero-order valence-corrected chi connectivity index (χ0v) is 11.3. The summed E-state index contributed by atoms with van der Waals surface area (Å²) < 4.78 is 0. The molecule has 0 saturated heterocycles. The number of aromatic hydroxyl groups is 1. The predicted octanol–water partition coefficient (Wildman–Crippen LogP) is 2.62. The van der Waals surface area contributed by atoms with Crippen LogP contribution in [0.5, 0.6) is 5.75 Å². The zero-order chi connectivity index (χ0) is 12.8. The molecule has 17 heavy (non-hydrogen) atoms. The molecule has 1 aromatic rings. The summed E-state index contributed by atoms with van der Waals surface area (Å²) in [6, 6.07) is 4.02. The van der Waals surface area contributed by atoms with E-state index in [1.54, 1.807) is 6.07 Å². The largest absolute Gasteiger partial charge is 0.506 e. The fourth-order valence-electron chi connectivity index (χ4n) is 2.64. The molecule has 0 amide bonds. The number of hydrogen-bond donors (Lipinski definition) is 2. The van der Waals surface area contributed by atoms with Gasteiger partial charge in [-0.1, -0.05) is 27.7 Å². The Morgan fingerprint density at radius 1 is 1.24 bits per heavy atom. The van der Waals surface area contributed by atoms with Crippen molar-refractivity contribution in [2.24, 2.45) is 10.8 Å². The van der Waals surface area contributed by atoms with E-state index in [1.807, 2.05) is 13.0 Å². The van der Waals surface area contributed by atoms with Crippen LogP contribution in [0.2, 0.25) is 0 Å². The van der Waals surface area contributed by atoms with Gasteiger partial charge in [0.05, 0.1) is 5.69 Å². The summed E-state index contributed by atoms with van der Waals surface area (Å²) >= 11 is 0. The number of pyridine rings is 1. The van der Waals surface area contributed by atoms with Gasteiger partial charge in [0.25, 0.3) is 0 Å². The summed E-state index contributed by atoms with van der Waals surface area (Å²) in [5, 5.41) is 13.2. The second-order valence-electron chi connectivity index (χ2n) is 6.18. The van der Waals surface area contributed by atoms with E-state index in [4.69, 9.17) is 0 Å². The maximum Gasteiger partial charge on any atom is 0.138 e. The molecular weight excluding hydrogens is 212 g/mol. The van der Waals surface area contributed by atoms with Crippen molar-refractivity contribution in [2.45, 2.75) is 47.2 Å². The molecule has 0 atom stereocenters. The van der Waals surface area contributed by atoms with Gasteiger partial charge in [-0.2, -0.15) is 0 Å². The molecule has 3 nitrogen and oxygen atoms in total. The van der Waals surface area contributed by atoms with E-state index in [9.17, 15) is 5.11 Å². The van der Waals surface area contributed by atoms with Crippen LogP contribution in [0, 0.1) is 17.8 Å². The normalized spacial score (nSPS) is 21.5. The molecule has 1 aromatic heterocycles. The van der Waals surface area contributed by atoms with Crippen molar-refractivity contribution in [1.29, 1.82) is 0 Å². The molecule has 1 saturated carbocycles. The van der Waals surface area contributed by atoms with Crippen molar-refractivity contribution in [3.05, 3.63) is 23.5 Å². The van der Waals surface area contributed by atoms with Gasteiger partial charge in [-0.05, 0) is 29.9 Å². The van der Waals surface area contributed by atoms with Crippen LogP contribution in [0.3, 0.4) is 0 Å². The second kappa shape index (κ2) is 3.70. The molecule has 1 heterocycles.